The number of methoxy groups -OCH3 is 2. The molecule has 1 aliphatic carbocycles. The van der Waals surface area contributed by atoms with Crippen LogP contribution in [-0.4, -0.2) is 93.1 Å². The largest absolute Gasteiger partial charge is 0.453 e. The first kappa shape index (κ1) is 39.4. The minimum atomic E-state index is -0.696. The molecular formula is C43H52N8O6. The molecule has 4 heterocycles. The summed E-state index contributed by atoms with van der Waals surface area (Å²) in [7, 11) is 2.58. The number of rotatable bonds is 10. The van der Waals surface area contributed by atoms with Gasteiger partial charge in [0.25, 0.3) is 0 Å². The van der Waals surface area contributed by atoms with E-state index in [0.717, 1.165) is 89.2 Å². The maximum Gasteiger partial charge on any atom is 0.407 e. The van der Waals surface area contributed by atoms with Crippen LogP contribution in [0.25, 0.3) is 22.0 Å². The molecule has 2 aromatic heterocycles. The van der Waals surface area contributed by atoms with Crippen molar-refractivity contribution in [3.05, 3.63) is 71.2 Å². The number of carbonyl (C=O) groups excluding carboxylic acids is 4. The Morgan fingerprint density at radius 2 is 1.33 bits per heavy atom. The van der Waals surface area contributed by atoms with E-state index in [-0.39, 0.29) is 35.7 Å². The fourth-order valence-electron chi connectivity index (χ4n) is 7.98. The van der Waals surface area contributed by atoms with Gasteiger partial charge >= 0.3 is 12.2 Å². The molecule has 14 heteroatoms. The van der Waals surface area contributed by atoms with Gasteiger partial charge in [0.05, 0.1) is 43.9 Å². The standard InChI is InChI=1S/C43H52N8O6/c1-24(2)35(48-42(54)56-5)40(52)50-19-7-9-33(50)38-44-23-32(46-38)30-17-16-28-21-26(11-13-29(28)22-30)12-18-31-37(27-14-15-27)47-39(45-31)34-10-8-20-51(34)41(53)36(25(3)4)49-43(55)57-6/h11,13,16-17,21-25,27,33-36H,7-10,14-15,19-20H2,1-6H3,(H,44,46)(H,45,47)(H,48,54)(H,49,55)/t33?,34?,35-,36-/m0/s1. The molecule has 0 bridgehead atoms. The average Bonchev–Trinajstić information content (AvgIpc) is 3.64. The molecule has 2 aliphatic heterocycles. The van der Waals surface area contributed by atoms with Gasteiger partial charge in [-0.2, -0.15) is 0 Å². The van der Waals surface area contributed by atoms with Gasteiger partial charge in [0.2, 0.25) is 11.8 Å². The number of fused-ring (bicyclic) bond motifs is 1. The molecule has 2 unspecified atom stereocenters. The molecule has 57 heavy (non-hydrogen) atoms. The van der Waals surface area contributed by atoms with E-state index in [1.807, 2.05) is 49.8 Å². The molecular weight excluding hydrogens is 725 g/mol. The van der Waals surface area contributed by atoms with E-state index in [2.05, 4.69) is 62.8 Å². The number of H-pyrrole nitrogens is 2. The number of amides is 4. The number of carbonyl (C=O) groups is 4. The van der Waals surface area contributed by atoms with Crippen LogP contribution in [0.5, 0.6) is 0 Å². The van der Waals surface area contributed by atoms with Gasteiger partial charge in [-0.15, -0.1) is 0 Å². The monoisotopic (exact) mass is 776 g/mol. The third kappa shape index (κ3) is 8.48. The van der Waals surface area contributed by atoms with Crippen molar-refractivity contribution in [1.29, 1.82) is 0 Å². The van der Waals surface area contributed by atoms with Gasteiger partial charge < -0.3 is 39.9 Å². The smallest absolute Gasteiger partial charge is 0.407 e. The van der Waals surface area contributed by atoms with Crippen LogP contribution in [0.15, 0.2) is 42.6 Å². The van der Waals surface area contributed by atoms with Crippen LogP contribution in [0.3, 0.4) is 0 Å². The predicted octanol–water partition coefficient (Wildman–Crippen LogP) is 6.32. The zero-order chi connectivity index (χ0) is 40.4. The van der Waals surface area contributed by atoms with Crippen LogP contribution in [-0.2, 0) is 19.1 Å². The Hall–Kier alpha value is -5.84. The Kier molecular flexibility index (Phi) is 11.6. The molecule has 300 valence electrons. The molecule has 14 nitrogen and oxygen atoms in total. The fourth-order valence-corrected chi connectivity index (χ4v) is 7.98. The zero-order valence-corrected chi connectivity index (χ0v) is 33.5. The van der Waals surface area contributed by atoms with Crippen molar-refractivity contribution in [2.24, 2.45) is 11.8 Å². The lowest BCUT2D eigenvalue weighted by Crippen LogP contribution is -2.51. The number of likely N-dealkylation sites (tertiary alicyclic amines) is 2. The second kappa shape index (κ2) is 16.7. The predicted molar refractivity (Wildman–Crippen MR) is 214 cm³/mol. The Morgan fingerprint density at radius 1 is 0.754 bits per heavy atom. The number of imidazole rings is 2. The van der Waals surface area contributed by atoms with Gasteiger partial charge in [0.15, 0.2) is 0 Å². The molecule has 4 aromatic rings. The molecule has 4 amide bonds. The first-order valence-electron chi connectivity index (χ1n) is 20.0. The Balaban J connectivity index is 1.07. The molecule has 2 aromatic carbocycles. The highest BCUT2D eigenvalue weighted by atomic mass is 16.5. The van der Waals surface area contributed by atoms with Gasteiger partial charge in [0.1, 0.15) is 29.4 Å². The number of benzene rings is 2. The highest BCUT2D eigenvalue weighted by molar-refractivity contribution is 5.89. The summed E-state index contributed by atoms with van der Waals surface area (Å²) in [6.07, 6.45) is 5.92. The minimum Gasteiger partial charge on any atom is -0.453 e. The quantitative estimate of drug-likeness (QED) is 0.136. The van der Waals surface area contributed by atoms with Crippen LogP contribution in [0, 0.1) is 23.7 Å². The highest BCUT2D eigenvalue weighted by Gasteiger charge is 2.40. The second-order valence-electron chi connectivity index (χ2n) is 16.0. The molecule has 1 saturated carbocycles. The number of alkyl carbamates (subject to hydrolysis) is 2. The van der Waals surface area contributed by atoms with E-state index >= 15 is 0 Å². The molecule has 0 spiro atoms. The zero-order valence-electron chi connectivity index (χ0n) is 33.5. The van der Waals surface area contributed by atoms with Crippen molar-refractivity contribution in [3.8, 4) is 23.1 Å². The molecule has 4 N–H and O–H groups in total. The topological polar surface area (TPSA) is 175 Å². The summed E-state index contributed by atoms with van der Waals surface area (Å²) in [5.74, 6) is 8.03. The lowest BCUT2D eigenvalue weighted by Gasteiger charge is -2.30. The summed E-state index contributed by atoms with van der Waals surface area (Å²) in [4.78, 5) is 71.6. The summed E-state index contributed by atoms with van der Waals surface area (Å²) in [6.45, 7) is 8.80. The summed E-state index contributed by atoms with van der Waals surface area (Å²) in [6, 6.07) is 10.6. The van der Waals surface area contributed by atoms with E-state index in [9.17, 15) is 19.2 Å². The van der Waals surface area contributed by atoms with E-state index in [4.69, 9.17) is 19.4 Å². The van der Waals surface area contributed by atoms with Crippen LogP contribution >= 0.6 is 0 Å². The third-order valence-corrected chi connectivity index (χ3v) is 11.3. The lowest BCUT2D eigenvalue weighted by molar-refractivity contribution is -0.136. The van der Waals surface area contributed by atoms with Crippen molar-refractivity contribution < 1.29 is 28.7 Å². The molecule has 0 radical (unpaired) electrons. The Morgan fingerprint density at radius 3 is 1.91 bits per heavy atom. The normalized spacial score (nSPS) is 19.0. The van der Waals surface area contributed by atoms with E-state index in [0.29, 0.717) is 19.0 Å². The number of nitrogens with one attached hydrogen (secondary N) is 4. The number of hydrogen-bond donors (Lipinski definition) is 4. The number of aromatic nitrogens is 4. The Bertz CT molecular complexity index is 2210. The maximum atomic E-state index is 13.7. The summed E-state index contributed by atoms with van der Waals surface area (Å²) in [5, 5.41) is 7.51. The molecule has 4 atom stereocenters. The minimum absolute atomic E-state index is 0.109. The van der Waals surface area contributed by atoms with Gasteiger partial charge in [0, 0.05) is 30.1 Å². The molecule has 2 saturated heterocycles. The van der Waals surface area contributed by atoms with Gasteiger partial charge in [-0.3, -0.25) is 9.59 Å². The van der Waals surface area contributed by atoms with Gasteiger partial charge in [-0.1, -0.05) is 51.8 Å². The summed E-state index contributed by atoms with van der Waals surface area (Å²) >= 11 is 0. The van der Waals surface area contributed by atoms with Crippen LogP contribution in [0.4, 0.5) is 9.59 Å². The fraction of sp³-hybridized carbons (Fsp3) is 0.488. The van der Waals surface area contributed by atoms with Gasteiger partial charge in [-0.05, 0) is 85.3 Å². The van der Waals surface area contributed by atoms with E-state index in [1.54, 1.807) is 0 Å². The van der Waals surface area contributed by atoms with Gasteiger partial charge in [-0.25, -0.2) is 19.6 Å². The van der Waals surface area contributed by atoms with Crippen molar-refractivity contribution in [1.82, 2.24) is 40.4 Å². The van der Waals surface area contributed by atoms with Crippen molar-refractivity contribution in [2.45, 2.75) is 96.3 Å². The van der Waals surface area contributed by atoms with E-state index in [1.165, 1.54) is 14.2 Å². The average molecular weight is 777 g/mol. The van der Waals surface area contributed by atoms with Crippen molar-refractivity contribution in [2.75, 3.05) is 27.3 Å². The van der Waals surface area contributed by atoms with Crippen molar-refractivity contribution in [3.63, 3.8) is 0 Å². The number of ether oxygens (including phenoxy) is 2. The lowest BCUT2D eigenvalue weighted by atomic mass is 10.0. The van der Waals surface area contributed by atoms with Crippen LogP contribution in [0.1, 0.15) is 113 Å². The first-order valence-corrected chi connectivity index (χ1v) is 20.0. The number of aromatic amines is 2. The van der Waals surface area contributed by atoms with Crippen LogP contribution < -0.4 is 10.6 Å². The highest BCUT2D eigenvalue weighted by Crippen LogP contribution is 2.42. The van der Waals surface area contributed by atoms with Crippen LogP contribution in [0.2, 0.25) is 0 Å². The van der Waals surface area contributed by atoms with Crippen molar-refractivity contribution >= 4 is 34.8 Å². The molecule has 7 rings (SSSR count). The molecule has 3 aliphatic rings. The SMILES string of the molecule is COC(=O)N[C@H](C(=O)N1CCCC1c1ncc(-c2ccc3cc(C#Cc4[nH]c(C5CCCN5C(=O)[C@@H](NC(=O)OC)C(C)C)nc4C4CC4)ccc3c2)[nH]1)C(C)C. The first-order chi connectivity index (χ1) is 27.4. The number of nitrogens with zero attached hydrogens (tertiary/aromatic N) is 4. The third-order valence-electron chi connectivity index (χ3n) is 11.3. The maximum absolute atomic E-state index is 13.7. The molecule has 3 fully saturated rings. The van der Waals surface area contributed by atoms with E-state index < -0.39 is 24.3 Å². The number of hydrogen-bond acceptors (Lipinski definition) is 8. The second-order valence-corrected chi connectivity index (χ2v) is 16.0. The summed E-state index contributed by atoms with van der Waals surface area (Å²) in [5.41, 5.74) is 4.44. The Labute approximate surface area is 332 Å². The summed E-state index contributed by atoms with van der Waals surface area (Å²) < 4.78 is 9.55.